The first-order chi connectivity index (χ1) is 15.5. The van der Waals surface area contributed by atoms with Gasteiger partial charge in [-0.1, -0.05) is 52.6 Å². The lowest BCUT2D eigenvalue weighted by atomic mass is 10.1. The minimum Gasteiger partial charge on any atom is -0.461 e. The molecule has 0 spiro atoms. The lowest BCUT2D eigenvalue weighted by Gasteiger charge is -2.08. The van der Waals surface area contributed by atoms with Gasteiger partial charge in [0.05, 0.1) is 24.0 Å². The number of alkyl halides is 1. The van der Waals surface area contributed by atoms with E-state index in [2.05, 4.69) is 32.7 Å². The number of esters is 1. The number of pyridine rings is 1. The van der Waals surface area contributed by atoms with Crippen molar-refractivity contribution in [2.45, 2.75) is 41.7 Å². The molecule has 0 fully saturated rings. The van der Waals surface area contributed by atoms with E-state index in [1.807, 2.05) is 47.5 Å². The first-order valence-electron chi connectivity index (χ1n) is 10.2. The zero-order chi connectivity index (χ0) is 22.8. The second-order valence-corrected chi connectivity index (χ2v) is 8.85. The van der Waals surface area contributed by atoms with Gasteiger partial charge < -0.3 is 9.30 Å². The van der Waals surface area contributed by atoms with E-state index in [0.717, 1.165) is 28.2 Å². The van der Waals surface area contributed by atoms with E-state index in [9.17, 15) is 4.79 Å². The van der Waals surface area contributed by atoms with Crippen molar-refractivity contribution in [1.82, 2.24) is 19.3 Å². The van der Waals surface area contributed by atoms with Gasteiger partial charge in [0.2, 0.25) is 0 Å². The van der Waals surface area contributed by atoms with Gasteiger partial charge in [-0.05, 0) is 38.5 Å². The van der Waals surface area contributed by atoms with Crippen molar-refractivity contribution in [3.05, 3.63) is 65.5 Å². The Labute approximate surface area is 203 Å². The summed E-state index contributed by atoms with van der Waals surface area (Å²) in [5.74, 6) is -0.692. The van der Waals surface area contributed by atoms with Crippen LogP contribution >= 0.6 is 34.4 Å². The fourth-order valence-electron chi connectivity index (χ4n) is 3.56. The number of hydrogen-bond acceptors (Lipinski definition) is 5. The smallest absolute Gasteiger partial charge is 0.356 e. The van der Waals surface area contributed by atoms with E-state index in [1.54, 1.807) is 25.3 Å². The summed E-state index contributed by atoms with van der Waals surface area (Å²) >= 11 is 3.58. The molecule has 3 aromatic heterocycles. The molecule has 9 heteroatoms. The molecule has 0 saturated carbocycles. The molecule has 4 rings (SSSR count). The van der Waals surface area contributed by atoms with Gasteiger partial charge in [0, 0.05) is 33.1 Å². The van der Waals surface area contributed by atoms with Gasteiger partial charge in [-0.3, -0.25) is 4.68 Å². The molecular formula is C23H22FIN4O2S. The quantitative estimate of drug-likeness (QED) is 0.158. The third-order valence-corrected chi connectivity index (χ3v) is 7.07. The molecule has 0 bridgehead atoms. The number of carbonyl (C=O) groups excluding carboxylic acids is 1. The van der Waals surface area contributed by atoms with Crippen LogP contribution in [-0.2, 0) is 15.7 Å². The third kappa shape index (κ3) is 4.15. The van der Waals surface area contributed by atoms with Crippen molar-refractivity contribution < 1.29 is 13.9 Å². The molecule has 32 heavy (non-hydrogen) atoms. The SMILES string of the molecule is CCOC(=O)c1cccc(Sc2c(C)n(-c3cnn(CC)c3)c3c(F)c(CI)ccc23)n1. The summed E-state index contributed by atoms with van der Waals surface area (Å²) in [6, 6.07) is 9.02. The highest BCUT2D eigenvalue weighted by atomic mass is 127. The van der Waals surface area contributed by atoms with E-state index in [4.69, 9.17) is 4.74 Å². The van der Waals surface area contributed by atoms with Gasteiger partial charge in [0.15, 0.2) is 5.82 Å². The minimum atomic E-state index is -0.459. The van der Waals surface area contributed by atoms with Crippen LogP contribution in [-0.4, -0.2) is 31.9 Å². The van der Waals surface area contributed by atoms with Crippen LogP contribution in [0.15, 0.2) is 52.6 Å². The van der Waals surface area contributed by atoms with E-state index in [-0.39, 0.29) is 18.1 Å². The third-order valence-electron chi connectivity index (χ3n) is 5.09. The summed E-state index contributed by atoms with van der Waals surface area (Å²) < 4.78 is 24.9. The number of benzene rings is 1. The predicted molar refractivity (Wildman–Crippen MR) is 131 cm³/mol. The average molecular weight is 564 g/mol. The zero-order valence-corrected chi connectivity index (χ0v) is 20.9. The molecule has 0 aliphatic carbocycles. The van der Waals surface area contributed by atoms with Gasteiger partial charge >= 0.3 is 5.97 Å². The van der Waals surface area contributed by atoms with Crippen molar-refractivity contribution in [2.24, 2.45) is 0 Å². The van der Waals surface area contributed by atoms with Crippen molar-refractivity contribution in [2.75, 3.05) is 6.61 Å². The molecule has 0 unspecified atom stereocenters. The van der Waals surface area contributed by atoms with E-state index in [0.29, 0.717) is 20.5 Å². The first-order valence-corrected chi connectivity index (χ1v) is 12.6. The summed E-state index contributed by atoms with van der Waals surface area (Å²) in [5.41, 5.74) is 3.11. The Bertz CT molecular complexity index is 1300. The van der Waals surface area contributed by atoms with Crippen LogP contribution < -0.4 is 0 Å². The summed E-state index contributed by atoms with van der Waals surface area (Å²) in [6.45, 7) is 6.74. The van der Waals surface area contributed by atoms with Gasteiger partial charge in [0.1, 0.15) is 10.7 Å². The highest BCUT2D eigenvalue weighted by molar-refractivity contribution is 14.1. The van der Waals surface area contributed by atoms with Gasteiger partial charge in [-0.15, -0.1) is 0 Å². The van der Waals surface area contributed by atoms with Crippen molar-refractivity contribution >= 4 is 51.2 Å². The highest BCUT2D eigenvalue weighted by Gasteiger charge is 2.22. The molecule has 0 aliphatic rings. The summed E-state index contributed by atoms with van der Waals surface area (Å²) in [7, 11) is 0. The van der Waals surface area contributed by atoms with Crippen molar-refractivity contribution in [3.63, 3.8) is 0 Å². The molecule has 4 aromatic rings. The standard InChI is InChI=1S/C23H22FIN4O2S/c1-4-28-13-16(12-26-28)29-14(3)22(17-10-9-15(11-25)20(24)21(17)29)32-19-8-6-7-18(27-19)23(30)31-5-2/h6-10,12-13H,4-5,11H2,1-3H3. The van der Waals surface area contributed by atoms with Crippen LogP contribution in [0.25, 0.3) is 16.6 Å². The number of nitrogens with zero attached hydrogens (tertiary/aromatic N) is 4. The maximum Gasteiger partial charge on any atom is 0.356 e. The molecule has 0 saturated heterocycles. The topological polar surface area (TPSA) is 61.9 Å². The van der Waals surface area contributed by atoms with E-state index < -0.39 is 5.97 Å². The Morgan fingerprint density at radius 1 is 1.25 bits per heavy atom. The van der Waals surface area contributed by atoms with Crippen LogP contribution in [0.3, 0.4) is 0 Å². The molecule has 0 radical (unpaired) electrons. The Hall–Kier alpha value is -2.40. The second-order valence-electron chi connectivity index (χ2n) is 7.06. The van der Waals surface area contributed by atoms with E-state index in [1.165, 1.54) is 11.8 Å². The Kier molecular flexibility index (Phi) is 6.85. The molecule has 166 valence electrons. The lowest BCUT2D eigenvalue weighted by Crippen LogP contribution is -2.07. The fourth-order valence-corrected chi connectivity index (χ4v) is 5.17. The minimum absolute atomic E-state index is 0.232. The number of fused-ring (bicyclic) bond motifs is 1. The molecule has 0 N–H and O–H groups in total. The number of rotatable bonds is 7. The first kappa shape index (κ1) is 22.8. The van der Waals surface area contributed by atoms with Crippen LogP contribution in [0.1, 0.15) is 35.6 Å². The number of hydrogen-bond donors (Lipinski definition) is 0. The van der Waals surface area contributed by atoms with Gasteiger partial charge in [0.25, 0.3) is 0 Å². The van der Waals surface area contributed by atoms with Crippen LogP contribution in [0.4, 0.5) is 4.39 Å². The Balaban J connectivity index is 1.87. The molecular weight excluding hydrogens is 542 g/mol. The van der Waals surface area contributed by atoms with E-state index >= 15 is 4.39 Å². The number of aromatic nitrogens is 4. The van der Waals surface area contributed by atoms with Crippen molar-refractivity contribution in [3.8, 4) is 5.69 Å². The lowest BCUT2D eigenvalue weighted by molar-refractivity contribution is 0.0518. The Morgan fingerprint density at radius 2 is 2.06 bits per heavy atom. The highest BCUT2D eigenvalue weighted by Crippen LogP contribution is 2.41. The summed E-state index contributed by atoms with van der Waals surface area (Å²) in [6.07, 6.45) is 3.66. The molecule has 1 aromatic carbocycles. The fraction of sp³-hybridized carbons (Fsp3) is 0.261. The predicted octanol–water partition coefficient (Wildman–Crippen LogP) is 5.95. The van der Waals surface area contributed by atoms with Crippen molar-refractivity contribution in [1.29, 1.82) is 0 Å². The Morgan fingerprint density at radius 3 is 2.75 bits per heavy atom. The summed E-state index contributed by atoms with van der Waals surface area (Å²) in [5, 5.41) is 5.81. The molecule has 0 aliphatic heterocycles. The number of carbonyl (C=O) groups is 1. The maximum absolute atomic E-state index is 15.6. The molecule has 3 heterocycles. The van der Waals surface area contributed by atoms with Crippen LogP contribution in [0.2, 0.25) is 0 Å². The van der Waals surface area contributed by atoms with Gasteiger partial charge in [-0.2, -0.15) is 5.10 Å². The average Bonchev–Trinajstić information content (AvgIpc) is 3.38. The van der Waals surface area contributed by atoms with Crippen LogP contribution in [0, 0.1) is 12.7 Å². The number of halogens is 2. The number of ether oxygens (including phenoxy) is 1. The maximum atomic E-state index is 15.6. The monoisotopic (exact) mass is 564 g/mol. The number of aryl methyl sites for hydroxylation is 1. The molecule has 6 nitrogen and oxygen atoms in total. The second kappa shape index (κ2) is 9.62. The largest absolute Gasteiger partial charge is 0.461 e. The zero-order valence-electron chi connectivity index (χ0n) is 17.9. The van der Waals surface area contributed by atoms with Gasteiger partial charge in [-0.25, -0.2) is 14.2 Å². The van der Waals surface area contributed by atoms with Crippen LogP contribution in [0.5, 0.6) is 0 Å². The normalized spacial score (nSPS) is 11.3. The summed E-state index contributed by atoms with van der Waals surface area (Å²) in [4.78, 5) is 17.4. The molecule has 0 atom stereocenters. The molecule has 0 amide bonds.